The molecule has 0 radical (unpaired) electrons. The Morgan fingerprint density at radius 2 is 1.92 bits per heavy atom. The van der Waals surface area contributed by atoms with Crippen LogP contribution in [0.25, 0.3) is 0 Å². The van der Waals surface area contributed by atoms with E-state index >= 15 is 0 Å². The number of hydrogen-bond donors (Lipinski definition) is 2. The van der Waals surface area contributed by atoms with Gasteiger partial charge in [-0.05, 0) is 19.8 Å². The van der Waals surface area contributed by atoms with Crippen molar-refractivity contribution in [3.63, 3.8) is 0 Å². The zero-order valence-corrected chi connectivity index (χ0v) is 8.63. The number of nitrogens with one attached hydrogen (secondary N) is 1. The molecule has 0 aliphatic rings. The van der Waals surface area contributed by atoms with Crippen LogP contribution in [0.3, 0.4) is 0 Å². The molecule has 0 aliphatic carbocycles. The summed E-state index contributed by atoms with van der Waals surface area (Å²) in [5.74, 6) is 0.324. The third-order valence-electron chi connectivity index (χ3n) is 1.57. The maximum absolute atomic E-state index is 11.2. The molecule has 0 saturated heterocycles. The number of hydrogen-bond acceptors (Lipinski definition) is 2. The van der Waals surface area contributed by atoms with Gasteiger partial charge in [0.15, 0.2) is 0 Å². The number of amides is 1. The molecule has 1 unspecified atom stereocenters. The minimum atomic E-state index is 0.0313. The van der Waals surface area contributed by atoms with Crippen LogP contribution in [-0.4, -0.2) is 17.1 Å². The molecule has 0 spiro atoms. The highest BCUT2D eigenvalue weighted by atomic mass is 16.3. The molecule has 76 valence electrons. The number of aliphatic hydroxyl groups excluding tert-OH is 1. The maximum atomic E-state index is 11.2. The van der Waals surface area contributed by atoms with Crippen molar-refractivity contribution in [2.45, 2.75) is 39.7 Å². The molecular weight excluding hydrogens is 166 g/mol. The van der Waals surface area contributed by atoms with Crippen LogP contribution >= 0.6 is 0 Å². The topological polar surface area (TPSA) is 49.3 Å². The van der Waals surface area contributed by atoms with Gasteiger partial charge < -0.3 is 10.4 Å². The molecule has 0 bridgehead atoms. The van der Waals surface area contributed by atoms with E-state index in [2.05, 4.69) is 11.9 Å². The highest BCUT2D eigenvalue weighted by Crippen LogP contribution is 2.11. The van der Waals surface area contributed by atoms with Gasteiger partial charge in [0.2, 0.25) is 5.91 Å². The van der Waals surface area contributed by atoms with E-state index in [1.165, 1.54) is 0 Å². The fourth-order valence-electron chi connectivity index (χ4n) is 1.17. The second-order valence-corrected chi connectivity index (χ2v) is 3.80. The molecule has 13 heavy (non-hydrogen) atoms. The molecule has 3 heteroatoms. The van der Waals surface area contributed by atoms with Gasteiger partial charge in [-0.1, -0.05) is 13.5 Å². The van der Waals surface area contributed by atoms with Gasteiger partial charge in [-0.15, -0.1) is 0 Å². The van der Waals surface area contributed by atoms with E-state index in [1.807, 2.05) is 20.8 Å². The summed E-state index contributed by atoms with van der Waals surface area (Å²) in [6.07, 6.45) is 0.934. The van der Waals surface area contributed by atoms with Crippen molar-refractivity contribution >= 4 is 5.91 Å². The van der Waals surface area contributed by atoms with E-state index in [4.69, 9.17) is 5.11 Å². The molecule has 0 aromatic rings. The summed E-state index contributed by atoms with van der Waals surface area (Å²) in [6, 6.07) is 0.178. The molecular formula is C10H19NO2. The van der Waals surface area contributed by atoms with Gasteiger partial charge in [0, 0.05) is 18.9 Å². The quantitative estimate of drug-likeness (QED) is 0.643. The Morgan fingerprint density at radius 1 is 1.38 bits per heavy atom. The molecule has 2 N–H and O–H groups in total. The summed E-state index contributed by atoms with van der Waals surface area (Å²) in [7, 11) is 0. The first-order valence-corrected chi connectivity index (χ1v) is 4.58. The summed E-state index contributed by atoms with van der Waals surface area (Å²) in [4.78, 5) is 11.2. The van der Waals surface area contributed by atoms with Crippen molar-refractivity contribution in [3.8, 4) is 0 Å². The van der Waals surface area contributed by atoms with Crippen molar-refractivity contribution in [3.05, 3.63) is 12.3 Å². The first-order valence-electron chi connectivity index (χ1n) is 4.58. The number of allylic oxidation sites excluding steroid dienone is 1. The van der Waals surface area contributed by atoms with Crippen LogP contribution in [0.4, 0.5) is 0 Å². The van der Waals surface area contributed by atoms with E-state index in [1.54, 1.807) is 0 Å². The molecule has 0 saturated carbocycles. The summed E-state index contributed by atoms with van der Waals surface area (Å²) >= 11 is 0. The average Bonchev–Trinajstić information content (AvgIpc) is 1.80. The largest absolute Gasteiger partial charge is 0.513 e. The summed E-state index contributed by atoms with van der Waals surface area (Å²) < 4.78 is 0. The molecule has 1 atom stereocenters. The van der Waals surface area contributed by atoms with Crippen molar-refractivity contribution in [1.82, 2.24) is 5.32 Å². The molecule has 0 aromatic carbocycles. The SMILES string of the molecule is C=C(O)CC(C)CC(=O)NC(C)C. The van der Waals surface area contributed by atoms with Crippen LogP contribution in [0, 0.1) is 5.92 Å². The lowest BCUT2D eigenvalue weighted by molar-refractivity contribution is -0.122. The predicted octanol–water partition coefficient (Wildman–Crippen LogP) is 2.00. The molecule has 0 rings (SSSR count). The smallest absolute Gasteiger partial charge is 0.220 e. The molecule has 0 fully saturated rings. The molecule has 0 heterocycles. The summed E-state index contributed by atoms with van der Waals surface area (Å²) in [5, 5.41) is 11.7. The van der Waals surface area contributed by atoms with Crippen LogP contribution in [0.5, 0.6) is 0 Å². The van der Waals surface area contributed by atoms with Gasteiger partial charge in [-0.3, -0.25) is 4.79 Å². The second kappa shape index (κ2) is 5.62. The van der Waals surface area contributed by atoms with Crippen LogP contribution < -0.4 is 5.32 Å². The van der Waals surface area contributed by atoms with E-state index in [0.717, 1.165) is 0 Å². The van der Waals surface area contributed by atoms with Crippen LogP contribution in [0.2, 0.25) is 0 Å². The summed E-state index contributed by atoms with van der Waals surface area (Å²) in [5.41, 5.74) is 0. The third kappa shape index (κ3) is 7.37. The van der Waals surface area contributed by atoms with Gasteiger partial charge in [-0.2, -0.15) is 0 Å². The third-order valence-corrected chi connectivity index (χ3v) is 1.57. The van der Waals surface area contributed by atoms with Gasteiger partial charge in [0.05, 0.1) is 5.76 Å². The highest BCUT2D eigenvalue weighted by Gasteiger charge is 2.10. The van der Waals surface area contributed by atoms with Crippen LogP contribution in [-0.2, 0) is 4.79 Å². The van der Waals surface area contributed by atoms with Crippen molar-refractivity contribution in [1.29, 1.82) is 0 Å². The lowest BCUT2D eigenvalue weighted by atomic mass is 10.0. The number of aliphatic hydroxyl groups is 1. The Kier molecular flexibility index (Phi) is 5.19. The Labute approximate surface area is 79.8 Å². The first kappa shape index (κ1) is 12.0. The van der Waals surface area contributed by atoms with Crippen molar-refractivity contribution in [2.24, 2.45) is 5.92 Å². The average molecular weight is 185 g/mol. The fraction of sp³-hybridized carbons (Fsp3) is 0.700. The minimum absolute atomic E-state index is 0.0313. The van der Waals surface area contributed by atoms with Gasteiger partial charge in [0.1, 0.15) is 0 Å². The monoisotopic (exact) mass is 185 g/mol. The molecule has 0 aliphatic heterocycles. The number of carbonyl (C=O) groups excluding carboxylic acids is 1. The Bertz CT molecular complexity index is 187. The Morgan fingerprint density at radius 3 is 2.31 bits per heavy atom. The molecule has 3 nitrogen and oxygen atoms in total. The van der Waals surface area contributed by atoms with Crippen molar-refractivity contribution < 1.29 is 9.90 Å². The lowest BCUT2D eigenvalue weighted by Crippen LogP contribution is -2.31. The standard InChI is InChI=1S/C10H19NO2/c1-7(2)11-10(13)6-8(3)5-9(4)12/h7-8,12H,4-6H2,1-3H3,(H,11,13). The van der Waals surface area contributed by atoms with E-state index < -0.39 is 0 Å². The zero-order chi connectivity index (χ0) is 10.4. The molecule has 0 aromatic heterocycles. The van der Waals surface area contributed by atoms with E-state index in [0.29, 0.717) is 12.8 Å². The predicted molar refractivity (Wildman–Crippen MR) is 53.4 cm³/mol. The summed E-state index contributed by atoms with van der Waals surface area (Å²) in [6.45, 7) is 9.15. The minimum Gasteiger partial charge on any atom is -0.513 e. The number of carbonyl (C=O) groups is 1. The Hall–Kier alpha value is -0.990. The first-order chi connectivity index (χ1) is 5.91. The van der Waals surface area contributed by atoms with E-state index in [-0.39, 0.29) is 23.6 Å². The number of rotatable bonds is 5. The fourth-order valence-corrected chi connectivity index (χ4v) is 1.17. The van der Waals surface area contributed by atoms with E-state index in [9.17, 15) is 4.79 Å². The van der Waals surface area contributed by atoms with Gasteiger partial charge in [-0.25, -0.2) is 0 Å². The second-order valence-electron chi connectivity index (χ2n) is 3.80. The van der Waals surface area contributed by atoms with Gasteiger partial charge in [0.25, 0.3) is 0 Å². The maximum Gasteiger partial charge on any atom is 0.220 e. The van der Waals surface area contributed by atoms with Gasteiger partial charge >= 0.3 is 0 Å². The van der Waals surface area contributed by atoms with Crippen molar-refractivity contribution in [2.75, 3.05) is 0 Å². The van der Waals surface area contributed by atoms with Crippen LogP contribution in [0.15, 0.2) is 12.3 Å². The Balaban J connectivity index is 3.71. The lowest BCUT2D eigenvalue weighted by Gasteiger charge is -2.12. The normalized spacial score (nSPS) is 12.6. The zero-order valence-electron chi connectivity index (χ0n) is 8.63. The van der Waals surface area contributed by atoms with Crippen LogP contribution in [0.1, 0.15) is 33.6 Å². The molecule has 1 amide bonds. The highest BCUT2D eigenvalue weighted by molar-refractivity contribution is 5.76.